The second kappa shape index (κ2) is 18.1. The van der Waals surface area contributed by atoms with Gasteiger partial charge in [0.05, 0.1) is 67.5 Å². The molecule has 6 unspecified atom stereocenters. The van der Waals surface area contributed by atoms with Gasteiger partial charge in [0.15, 0.2) is 29.4 Å². The Morgan fingerprint density at radius 3 is 2.28 bits per heavy atom. The van der Waals surface area contributed by atoms with E-state index in [2.05, 4.69) is 20.8 Å². The zero-order valence-corrected chi connectivity index (χ0v) is 37.8. The van der Waals surface area contributed by atoms with E-state index in [9.17, 15) is 35.1 Å². The van der Waals surface area contributed by atoms with Crippen molar-refractivity contribution in [2.45, 2.75) is 212 Å². The normalized spacial score (nSPS) is 48.7. The van der Waals surface area contributed by atoms with Gasteiger partial charge in [-0.2, -0.15) is 0 Å². The zero-order valence-electron chi connectivity index (χ0n) is 37.8. The Kier molecular flexibility index (Phi) is 14.5. The van der Waals surface area contributed by atoms with E-state index in [0.29, 0.717) is 63.4 Å². The number of rotatable bonds is 13. The van der Waals surface area contributed by atoms with Gasteiger partial charge in [0.1, 0.15) is 0 Å². The first kappa shape index (κ1) is 47.9. The minimum absolute atomic E-state index is 0.0521. The van der Waals surface area contributed by atoms with Crippen molar-refractivity contribution in [1.29, 1.82) is 0 Å². The molecular formula is C46H76O14. The van der Waals surface area contributed by atoms with Gasteiger partial charge in [0.2, 0.25) is 0 Å². The van der Waals surface area contributed by atoms with Crippen LogP contribution in [-0.2, 0) is 42.7 Å². The third kappa shape index (κ3) is 9.32. The summed E-state index contributed by atoms with van der Waals surface area (Å²) in [5.74, 6) is -6.63. The molecule has 5 N–H and O–H groups in total. The number of ether oxygens (including phenoxy) is 7. The number of aliphatic hydroxyl groups is 4. The van der Waals surface area contributed by atoms with E-state index in [1.54, 1.807) is 13.8 Å². The number of carbonyl (C=O) groups is 2. The number of allylic oxidation sites excluding steroid dienone is 2. The minimum Gasteiger partial charge on any atom is -0.481 e. The summed E-state index contributed by atoms with van der Waals surface area (Å²) in [5.41, 5.74) is -1.07. The van der Waals surface area contributed by atoms with Crippen molar-refractivity contribution in [3.05, 3.63) is 11.6 Å². The van der Waals surface area contributed by atoms with Crippen molar-refractivity contribution in [3.8, 4) is 0 Å². The highest BCUT2D eigenvalue weighted by Gasteiger charge is 2.65. The Balaban J connectivity index is 1.21. The first-order valence-corrected chi connectivity index (χ1v) is 22.9. The van der Waals surface area contributed by atoms with E-state index < -0.39 is 89.6 Å². The average Bonchev–Trinajstić information content (AvgIpc) is 3.70. The van der Waals surface area contributed by atoms with Gasteiger partial charge in [-0.1, -0.05) is 61.5 Å². The fourth-order valence-electron chi connectivity index (χ4n) is 11.2. The van der Waals surface area contributed by atoms with Crippen LogP contribution in [0.15, 0.2) is 11.6 Å². The van der Waals surface area contributed by atoms with Crippen LogP contribution >= 0.6 is 0 Å². The number of carbonyl (C=O) groups excluding carboxylic acids is 1. The number of aliphatic hydroxyl groups excluding tert-OH is 3. The van der Waals surface area contributed by atoms with E-state index >= 15 is 0 Å². The monoisotopic (exact) mass is 853 g/mol. The largest absolute Gasteiger partial charge is 0.481 e. The fraction of sp³-hybridized carbons (Fsp3) is 0.913. The van der Waals surface area contributed by atoms with Gasteiger partial charge in [-0.25, -0.2) is 0 Å². The number of ketones is 1. The Bertz CT molecular complexity index is 1560. The summed E-state index contributed by atoms with van der Waals surface area (Å²) < 4.78 is 47.3. The van der Waals surface area contributed by atoms with Gasteiger partial charge >= 0.3 is 5.97 Å². The molecule has 14 heteroatoms. The number of carboxylic acids is 1. The zero-order chi connectivity index (χ0) is 44.2. The molecule has 6 saturated heterocycles. The van der Waals surface area contributed by atoms with Crippen LogP contribution < -0.4 is 0 Å². The predicted molar refractivity (Wildman–Crippen MR) is 219 cm³/mol. The lowest BCUT2D eigenvalue weighted by molar-refractivity contribution is -0.388. The standard InChI is InChI=1S/C46H76O14/c1-11-12-32(39(50)25(2)17-27(4)41(51)52)21-42(9)24-54-44(22-36(42)49)16-15-43(10,60-44)37-20-34(56-38-14-13-33(48)31(8)55-38)30(7)46(58-37)29(6)19-35(57-46)40-26(3)18-28(5)45(53,23-47)59-40/h12,25-31,33-38,40,47-49,53H,11,13-24H2,1-10H3,(H,51,52)/b32-12+/t25?,26-,27?,28+,29?,30+,31+,33-,34-,35+,36-,37+,38+,40?,42-,43-,44?,45-,46?/m0/s1. The van der Waals surface area contributed by atoms with E-state index in [-0.39, 0.29) is 61.1 Å². The molecule has 60 heavy (non-hydrogen) atoms. The molecule has 2 spiro atoms. The maximum absolute atomic E-state index is 13.7. The molecular weight excluding hydrogens is 776 g/mol. The molecule has 6 heterocycles. The summed E-state index contributed by atoms with van der Waals surface area (Å²) in [5, 5.41) is 53.1. The van der Waals surface area contributed by atoms with Gasteiger partial charge in [0, 0.05) is 54.8 Å². The number of hydrogen-bond acceptors (Lipinski definition) is 13. The molecule has 6 aliphatic rings. The van der Waals surface area contributed by atoms with E-state index in [1.165, 1.54) is 0 Å². The molecule has 0 aromatic carbocycles. The van der Waals surface area contributed by atoms with Gasteiger partial charge < -0.3 is 58.7 Å². The highest BCUT2D eigenvalue weighted by molar-refractivity contribution is 5.97. The molecule has 14 nitrogen and oxygen atoms in total. The molecule has 0 amide bonds. The van der Waals surface area contributed by atoms with Crippen molar-refractivity contribution < 1.29 is 68.3 Å². The number of aliphatic carboxylic acids is 1. The topological polar surface area (TPSA) is 200 Å². The lowest BCUT2D eigenvalue weighted by atomic mass is 9.72. The lowest BCUT2D eigenvalue weighted by Crippen LogP contribution is -2.63. The summed E-state index contributed by atoms with van der Waals surface area (Å²) in [4.78, 5) is 25.2. The summed E-state index contributed by atoms with van der Waals surface area (Å²) in [7, 11) is 0. The number of hydrogen-bond donors (Lipinski definition) is 5. The maximum Gasteiger partial charge on any atom is 0.306 e. The average molecular weight is 853 g/mol. The minimum atomic E-state index is -1.67. The smallest absolute Gasteiger partial charge is 0.306 e. The SMILES string of the molecule is CC/C=C(\C[C@@]1(C)COC2(CC[C@@](C)([C@H]3C[C@H](O[C@@H]4CC[C@H](O)[C@@H](C)O4)[C@@H](C)C4(O[C@@H](C5O[C@@](O)(CO)[C@H](C)C[C@@H]5C)CC4C)O3)O2)C[C@@H]1O)C(=O)C(C)CC(C)C(=O)O. The first-order valence-electron chi connectivity index (χ1n) is 22.9. The second-order valence-electron chi connectivity index (χ2n) is 20.5. The molecule has 0 aromatic rings. The third-order valence-electron chi connectivity index (χ3n) is 15.5. The van der Waals surface area contributed by atoms with Crippen LogP contribution in [0.1, 0.15) is 140 Å². The molecule has 0 saturated carbocycles. The van der Waals surface area contributed by atoms with Crippen molar-refractivity contribution in [3.63, 3.8) is 0 Å². The van der Waals surface area contributed by atoms with Crippen LogP contribution in [0.4, 0.5) is 0 Å². The highest BCUT2D eigenvalue weighted by Crippen LogP contribution is 2.57. The quantitative estimate of drug-likeness (QED) is 0.143. The molecule has 0 bridgehead atoms. The van der Waals surface area contributed by atoms with Crippen LogP contribution in [0, 0.1) is 40.9 Å². The van der Waals surface area contributed by atoms with E-state index in [0.717, 1.165) is 0 Å². The molecule has 6 aliphatic heterocycles. The van der Waals surface area contributed by atoms with Gasteiger partial charge in [-0.3, -0.25) is 9.59 Å². The third-order valence-corrected chi connectivity index (χ3v) is 15.5. The Morgan fingerprint density at radius 1 is 0.933 bits per heavy atom. The van der Waals surface area contributed by atoms with Crippen LogP contribution in [-0.4, -0.2) is 122 Å². The lowest BCUT2D eigenvalue weighted by Gasteiger charge is -2.54. The summed E-state index contributed by atoms with van der Waals surface area (Å²) in [6.45, 7) is 18.9. The Hall–Kier alpha value is -1.56. The molecule has 0 aliphatic carbocycles. The van der Waals surface area contributed by atoms with Crippen molar-refractivity contribution in [2.24, 2.45) is 40.9 Å². The van der Waals surface area contributed by atoms with Gasteiger partial charge in [-0.05, 0) is 70.3 Å². The second-order valence-corrected chi connectivity index (χ2v) is 20.5. The van der Waals surface area contributed by atoms with Gasteiger partial charge in [0.25, 0.3) is 0 Å². The van der Waals surface area contributed by atoms with Gasteiger partial charge in [-0.15, -0.1) is 0 Å². The van der Waals surface area contributed by atoms with Crippen molar-refractivity contribution in [1.82, 2.24) is 0 Å². The van der Waals surface area contributed by atoms with Crippen LogP contribution in [0.25, 0.3) is 0 Å². The van der Waals surface area contributed by atoms with Crippen molar-refractivity contribution in [2.75, 3.05) is 13.2 Å². The highest BCUT2D eigenvalue weighted by atomic mass is 16.8. The van der Waals surface area contributed by atoms with Crippen LogP contribution in [0.2, 0.25) is 0 Å². The number of carboxylic acid groups (broad SMARTS) is 1. The summed E-state index contributed by atoms with van der Waals surface area (Å²) in [6, 6.07) is 0. The Labute approximate surface area is 357 Å². The maximum atomic E-state index is 13.7. The molecule has 344 valence electrons. The van der Waals surface area contributed by atoms with E-state index in [1.807, 2.05) is 40.7 Å². The predicted octanol–water partition coefficient (Wildman–Crippen LogP) is 5.64. The van der Waals surface area contributed by atoms with E-state index in [4.69, 9.17) is 33.2 Å². The summed E-state index contributed by atoms with van der Waals surface area (Å²) >= 11 is 0. The molecule has 0 radical (unpaired) electrons. The Morgan fingerprint density at radius 2 is 1.65 bits per heavy atom. The van der Waals surface area contributed by atoms with Crippen molar-refractivity contribution >= 4 is 11.8 Å². The molecule has 19 atom stereocenters. The molecule has 6 rings (SSSR count). The summed E-state index contributed by atoms with van der Waals surface area (Å²) in [6.07, 6.45) is 3.01. The molecule has 0 aromatic heterocycles. The van der Waals surface area contributed by atoms with Crippen LogP contribution in [0.5, 0.6) is 0 Å². The fourth-order valence-corrected chi connectivity index (χ4v) is 11.2. The first-order chi connectivity index (χ1) is 28.0. The molecule has 6 fully saturated rings. The van der Waals surface area contributed by atoms with Crippen LogP contribution in [0.3, 0.4) is 0 Å². The number of Topliss-reactive ketones (excluding diaryl/α,β-unsaturated/α-hetero) is 1.